The number of hydrogen-bond acceptors (Lipinski definition) is 4. The molecule has 0 spiro atoms. The highest BCUT2D eigenvalue weighted by Gasteiger charge is 2.22. The summed E-state index contributed by atoms with van der Waals surface area (Å²) in [7, 11) is 1.57. The lowest BCUT2D eigenvalue weighted by atomic mass is 10.2. The van der Waals surface area contributed by atoms with Crippen molar-refractivity contribution < 1.29 is 19.1 Å². The number of aryl methyl sites for hydroxylation is 1. The maximum absolute atomic E-state index is 12.6. The van der Waals surface area contributed by atoms with Crippen LogP contribution in [0.25, 0.3) is 0 Å². The number of rotatable bonds is 5. The Morgan fingerprint density at radius 2 is 1.80 bits per heavy atom. The minimum absolute atomic E-state index is 0.0753. The van der Waals surface area contributed by atoms with E-state index in [9.17, 15) is 9.59 Å². The molecule has 3 rings (SSSR count). The molecule has 0 radical (unpaired) electrons. The Labute approximate surface area is 181 Å². The SMILES string of the molecule is COc1cc(C)ccc1OCC(=O)N1CCCN(C(=O)Nc2cccc(Cl)c2)CC1. The standard InChI is InChI=1S/C22H26ClN3O4/c1-16-7-8-19(20(13-16)29-2)30-15-21(27)25-9-4-10-26(12-11-25)22(28)24-18-6-3-5-17(23)14-18/h3,5-8,13-14H,4,9-12,15H2,1-2H3,(H,24,28). The van der Waals surface area contributed by atoms with Crippen LogP contribution in [0.3, 0.4) is 0 Å². The minimum Gasteiger partial charge on any atom is -0.493 e. The first-order valence-electron chi connectivity index (χ1n) is 9.83. The summed E-state index contributed by atoms with van der Waals surface area (Å²) in [6.45, 7) is 3.94. The number of benzene rings is 2. The van der Waals surface area contributed by atoms with Crippen LogP contribution in [0.4, 0.5) is 10.5 Å². The van der Waals surface area contributed by atoms with Gasteiger partial charge in [0.05, 0.1) is 7.11 Å². The highest BCUT2D eigenvalue weighted by Crippen LogP contribution is 2.27. The third kappa shape index (κ3) is 5.79. The zero-order chi connectivity index (χ0) is 21.5. The lowest BCUT2D eigenvalue weighted by molar-refractivity contribution is -0.133. The van der Waals surface area contributed by atoms with Crippen LogP contribution in [0, 0.1) is 6.92 Å². The number of methoxy groups -OCH3 is 1. The smallest absolute Gasteiger partial charge is 0.321 e. The van der Waals surface area contributed by atoms with Gasteiger partial charge in [-0.15, -0.1) is 0 Å². The maximum atomic E-state index is 12.6. The van der Waals surface area contributed by atoms with Gasteiger partial charge in [-0.2, -0.15) is 0 Å². The van der Waals surface area contributed by atoms with Gasteiger partial charge >= 0.3 is 6.03 Å². The van der Waals surface area contributed by atoms with Crippen molar-refractivity contribution in [1.29, 1.82) is 0 Å². The van der Waals surface area contributed by atoms with Gasteiger partial charge in [0.15, 0.2) is 18.1 Å². The van der Waals surface area contributed by atoms with E-state index in [-0.39, 0.29) is 18.5 Å². The second-order valence-corrected chi connectivity index (χ2v) is 7.54. The van der Waals surface area contributed by atoms with Crippen LogP contribution < -0.4 is 14.8 Å². The Morgan fingerprint density at radius 1 is 1.03 bits per heavy atom. The monoisotopic (exact) mass is 431 g/mol. The predicted octanol–water partition coefficient (Wildman–Crippen LogP) is 3.80. The Hall–Kier alpha value is -2.93. The number of ether oxygens (including phenoxy) is 2. The summed E-state index contributed by atoms with van der Waals surface area (Å²) < 4.78 is 11.0. The average molecular weight is 432 g/mol. The minimum atomic E-state index is -0.202. The van der Waals surface area contributed by atoms with Gasteiger partial charge in [-0.05, 0) is 49.2 Å². The van der Waals surface area contributed by atoms with Crippen molar-refractivity contribution in [2.75, 3.05) is 45.2 Å². The van der Waals surface area contributed by atoms with E-state index in [4.69, 9.17) is 21.1 Å². The Morgan fingerprint density at radius 3 is 2.57 bits per heavy atom. The van der Waals surface area contributed by atoms with Gasteiger partial charge in [-0.3, -0.25) is 4.79 Å². The summed E-state index contributed by atoms with van der Waals surface area (Å²) in [4.78, 5) is 28.6. The van der Waals surface area contributed by atoms with Crippen LogP contribution in [0.15, 0.2) is 42.5 Å². The average Bonchev–Trinajstić information content (AvgIpc) is 2.99. The molecule has 1 saturated heterocycles. The number of carbonyl (C=O) groups is 2. The van der Waals surface area contributed by atoms with Gasteiger partial charge < -0.3 is 24.6 Å². The number of amides is 3. The zero-order valence-electron chi connectivity index (χ0n) is 17.2. The van der Waals surface area contributed by atoms with Crippen LogP contribution in [-0.2, 0) is 4.79 Å². The fraction of sp³-hybridized carbons (Fsp3) is 0.364. The number of nitrogens with one attached hydrogen (secondary N) is 1. The summed E-state index contributed by atoms with van der Waals surface area (Å²) in [5.74, 6) is 1.02. The topological polar surface area (TPSA) is 71.1 Å². The summed E-state index contributed by atoms with van der Waals surface area (Å²) in [6.07, 6.45) is 0.697. The van der Waals surface area contributed by atoms with Crippen molar-refractivity contribution >= 4 is 29.2 Å². The van der Waals surface area contributed by atoms with Crippen molar-refractivity contribution in [3.63, 3.8) is 0 Å². The first-order chi connectivity index (χ1) is 14.5. The molecule has 2 aromatic rings. The Balaban J connectivity index is 1.52. The van der Waals surface area contributed by atoms with Crippen LogP contribution in [0.2, 0.25) is 5.02 Å². The van der Waals surface area contributed by atoms with Crippen molar-refractivity contribution in [2.45, 2.75) is 13.3 Å². The molecule has 0 bridgehead atoms. The molecule has 1 heterocycles. The quantitative estimate of drug-likeness (QED) is 0.781. The van der Waals surface area contributed by atoms with E-state index in [1.54, 1.807) is 47.2 Å². The molecule has 3 amide bonds. The first-order valence-corrected chi connectivity index (χ1v) is 10.2. The van der Waals surface area contributed by atoms with E-state index in [2.05, 4.69) is 5.32 Å². The number of nitrogens with zero attached hydrogens (tertiary/aromatic N) is 2. The molecule has 8 heteroatoms. The summed E-state index contributed by atoms with van der Waals surface area (Å²) in [5, 5.41) is 3.41. The maximum Gasteiger partial charge on any atom is 0.321 e. The number of hydrogen-bond donors (Lipinski definition) is 1. The van der Waals surface area contributed by atoms with Crippen LogP contribution >= 0.6 is 11.6 Å². The summed E-state index contributed by atoms with van der Waals surface area (Å²) in [6, 6.07) is 12.4. The van der Waals surface area contributed by atoms with Crippen molar-refractivity contribution in [2.24, 2.45) is 0 Å². The predicted molar refractivity (Wildman–Crippen MR) is 116 cm³/mol. The molecule has 0 aliphatic carbocycles. The molecule has 1 N–H and O–H groups in total. The van der Waals surface area contributed by atoms with E-state index in [1.165, 1.54) is 0 Å². The van der Waals surface area contributed by atoms with Crippen molar-refractivity contribution in [1.82, 2.24) is 9.80 Å². The number of halogens is 1. The molecule has 0 saturated carbocycles. The van der Waals surface area contributed by atoms with E-state index in [0.717, 1.165) is 5.56 Å². The number of urea groups is 1. The van der Waals surface area contributed by atoms with E-state index in [0.29, 0.717) is 54.8 Å². The second kappa shape index (κ2) is 10.2. The van der Waals surface area contributed by atoms with Crippen LogP contribution in [0.1, 0.15) is 12.0 Å². The molecule has 160 valence electrons. The summed E-state index contributed by atoms with van der Waals surface area (Å²) in [5.41, 5.74) is 1.69. The van der Waals surface area contributed by atoms with Gasteiger partial charge in [0, 0.05) is 36.9 Å². The zero-order valence-corrected chi connectivity index (χ0v) is 17.9. The highest BCUT2D eigenvalue weighted by molar-refractivity contribution is 6.30. The largest absolute Gasteiger partial charge is 0.493 e. The molecule has 0 unspecified atom stereocenters. The normalized spacial score (nSPS) is 14.1. The third-order valence-electron chi connectivity index (χ3n) is 4.88. The molecule has 7 nitrogen and oxygen atoms in total. The molecule has 0 aromatic heterocycles. The lowest BCUT2D eigenvalue weighted by Gasteiger charge is -2.22. The van der Waals surface area contributed by atoms with Gasteiger partial charge in [0.2, 0.25) is 0 Å². The van der Waals surface area contributed by atoms with Gasteiger partial charge in [0.25, 0.3) is 5.91 Å². The molecule has 30 heavy (non-hydrogen) atoms. The van der Waals surface area contributed by atoms with Gasteiger partial charge in [-0.1, -0.05) is 23.7 Å². The van der Waals surface area contributed by atoms with E-state index in [1.807, 2.05) is 19.1 Å². The first kappa shape index (κ1) is 21.8. The lowest BCUT2D eigenvalue weighted by Crippen LogP contribution is -2.40. The summed E-state index contributed by atoms with van der Waals surface area (Å²) >= 11 is 5.97. The Kier molecular flexibility index (Phi) is 7.41. The molecule has 2 aromatic carbocycles. The molecule has 1 aliphatic heterocycles. The van der Waals surface area contributed by atoms with Crippen LogP contribution in [0.5, 0.6) is 11.5 Å². The fourth-order valence-electron chi connectivity index (χ4n) is 3.26. The molecule has 1 aliphatic rings. The van der Waals surface area contributed by atoms with Crippen LogP contribution in [-0.4, -0.2) is 61.6 Å². The van der Waals surface area contributed by atoms with Crippen molar-refractivity contribution in [3.8, 4) is 11.5 Å². The second-order valence-electron chi connectivity index (χ2n) is 7.10. The third-order valence-corrected chi connectivity index (χ3v) is 5.12. The molecule has 1 fully saturated rings. The Bertz CT molecular complexity index is 906. The number of carbonyl (C=O) groups excluding carboxylic acids is 2. The fourth-order valence-corrected chi connectivity index (χ4v) is 3.45. The van der Waals surface area contributed by atoms with E-state index >= 15 is 0 Å². The number of anilines is 1. The molecule has 0 atom stereocenters. The molecular weight excluding hydrogens is 406 g/mol. The van der Waals surface area contributed by atoms with E-state index < -0.39 is 0 Å². The van der Waals surface area contributed by atoms with Gasteiger partial charge in [-0.25, -0.2) is 4.79 Å². The molecular formula is C22H26ClN3O4. The highest BCUT2D eigenvalue weighted by atomic mass is 35.5. The van der Waals surface area contributed by atoms with Crippen molar-refractivity contribution in [3.05, 3.63) is 53.1 Å². The van der Waals surface area contributed by atoms with Gasteiger partial charge in [0.1, 0.15) is 0 Å².